The van der Waals surface area contributed by atoms with Crippen LogP contribution in [0.5, 0.6) is 0 Å². The maximum atomic E-state index is 12.4. The van der Waals surface area contributed by atoms with Gasteiger partial charge in [-0.05, 0) is 30.7 Å². The largest absolute Gasteiger partial charge is 0.365 e. The van der Waals surface area contributed by atoms with E-state index in [1.807, 2.05) is 31.2 Å². The number of fused-ring (bicyclic) bond motifs is 3. The molecule has 7 nitrogen and oxygen atoms in total. The summed E-state index contributed by atoms with van der Waals surface area (Å²) in [6.45, 7) is 4.03. The third-order valence-corrected chi connectivity index (χ3v) is 5.97. The quantitative estimate of drug-likeness (QED) is 0.229. The Labute approximate surface area is 196 Å². The fourth-order valence-corrected chi connectivity index (χ4v) is 4.42. The number of aryl methyl sites for hydroxylation is 1. The second-order valence-electron chi connectivity index (χ2n) is 8.09. The van der Waals surface area contributed by atoms with E-state index in [2.05, 4.69) is 33.1 Å². The van der Waals surface area contributed by atoms with Crippen LogP contribution in [0, 0.1) is 0 Å². The van der Waals surface area contributed by atoms with E-state index >= 15 is 0 Å². The first-order valence-electron chi connectivity index (χ1n) is 11.2. The van der Waals surface area contributed by atoms with E-state index in [4.69, 9.17) is 9.68 Å². The predicted molar refractivity (Wildman–Crippen MR) is 131 cm³/mol. The van der Waals surface area contributed by atoms with Crippen LogP contribution in [0.4, 0.5) is 0 Å². The Morgan fingerprint density at radius 3 is 2.53 bits per heavy atom. The van der Waals surface area contributed by atoms with Crippen molar-refractivity contribution in [2.75, 3.05) is 0 Å². The Balaban J connectivity index is 1.56. The lowest BCUT2D eigenvalue weighted by molar-refractivity contribution is -0.140. The maximum absolute atomic E-state index is 12.4. The molecule has 170 valence electrons. The zero-order valence-corrected chi connectivity index (χ0v) is 18.9. The van der Waals surface area contributed by atoms with E-state index in [-0.39, 0.29) is 0 Å². The molecule has 0 aliphatic carbocycles. The van der Waals surface area contributed by atoms with E-state index < -0.39 is 11.9 Å². The van der Waals surface area contributed by atoms with Crippen molar-refractivity contribution in [3.8, 4) is 0 Å². The molecule has 1 aromatic heterocycles. The normalized spacial score (nSPS) is 14.5. The van der Waals surface area contributed by atoms with Gasteiger partial charge in [0.05, 0.1) is 22.5 Å². The number of carbonyl (C=O) groups is 2. The van der Waals surface area contributed by atoms with Gasteiger partial charge >= 0.3 is 11.9 Å². The van der Waals surface area contributed by atoms with Gasteiger partial charge < -0.3 is 14.2 Å². The van der Waals surface area contributed by atoms with Crippen LogP contribution >= 0.6 is 0 Å². The summed E-state index contributed by atoms with van der Waals surface area (Å²) >= 11 is 0. The third kappa shape index (κ3) is 3.85. The number of carbonyl (C=O) groups excluding carboxylic acids is 2. The lowest BCUT2D eigenvalue weighted by atomic mass is 10.0. The maximum Gasteiger partial charge on any atom is 0.365 e. The Morgan fingerprint density at radius 2 is 1.76 bits per heavy atom. The number of rotatable bonds is 5. The van der Waals surface area contributed by atoms with Crippen LogP contribution in [0.3, 0.4) is 0 Å². The molecule has 0 amide bonds. The minimum absolute atomic E-state index is 0.445. The highest BCUT2D eigenvalue weighted by Crippen LogP contribution is 2.35. The molecule has 1 aliphatic rings. The zero-order chi connectivity index (χ0) is 23.7. The first-order chi connectivity index (χ1) is 16.6. The highest BCUT2D eigenvalue weighted by atomic mass is 16.7. The van der Waals surface area contributed by atoms with Crippen LogP contribution < -0.4 is 0 Å². The van der Waals surface area contributed by atoms with Crippen molar-refractivity contribution in [2.24, 2.45) is 10.3 Å². The van der Waals surface area contributed by atoms with Crippen molar-refractivity contribution in [2.45, 2.75) is 33.2 Å². The molecule has 1 aliphatic heterocycles. The van der Waals surface area contributed by atoms with Crippen LogP contribution in [0.2, 0.25) is 0 Å². The lowest BCUT2D eigenvalue weighted by Crippen LogP contribution is -2.16. The summed E-state index contributed by atoms with van der Waals surface area (Å²) in [6, 6.07) is 21.1. The SMILES string of the molecule is CC/C(=N\OC(C)=O)c1ccc2c(c1)c1cccc3c1n2CC/C3=N\OC(=O)c1ccccc1. The predicted octanol–water partition coefficient (Wildman–Crippen LogP) is 5.44. The van der Waals surface area contributed by atoms with Gasteiger partial charge in [0.1, 0.15) is 0 Å². The first-order valence-corrected chi connectivity index (χ1v) is 11.2. The van der Waals surface area contributed by atoms with Crippen molar-refractivity contribution < 1.29 is 19.3 Å². The van der Waals surface area contributed by atoms with Gasteiger partial charge in [0.25, 0.3) is 0 Å². The van der Waals surface area contributed by atoms with Gasteiger partial charge in [-0.1, -0.05) is 59.7 Å². The minimum Gasteiger partial charge on any atom is -0.340 e. The summed E-state index contributed by atoms with van der Waals surface area (Å²) in [5.41, 5.74) is 5.94. The van der Waals surface area contributed by atoms with Crippen molar-refractivity contribution in [1.29, 1.82) is 0 Å². The van der Waals surface area contributed by atoms with E-state index in [9.17, 15) is 9.59 Å². The fourth-order valence-electron chi connectivity index (χ4n) is 4.42. The highest BCUT2D eigenvalue weighted by Gasteiger charge is 2.23. The van der Waals surface area contributed by atoms with E-state index in [0.29, 0.717) is 24.1 Å². The van der Waals surface area contributed by atoms with Crippen molar-refractivity contribution in [3.63, 3.8) is 0 Å². The number of nitrogens with zero attached hydrogens (tertiary/aromatic N) is 3. The number of benzene rings is 3. The molecule has 0 saturated heterocycles. The topological polar surface area (TPSA) is 82.2 Å². The van der Waals surface area contributed by atoms with Crippen molar-refractivity contribution >= 4 is 45.2 Å². The van der Waals surface area contributed by atoms with Gasteiger partial charge in [0, 0.05) is 47.3 Å². The Hall–Kier alpha value is -4.26. The molecule has 0 unspecified atom stereocenters. The molecular weight excluding hydrogens is 430 g/mol. The monoisotopic (exact) mass is 453 g/mol. The Kier molecular flexibility index (Phi) is 5.67. The number of hydrogen-bond donors (Lipinski definition) is 0. The second-order valence-corrected chi connectivity index (χ2v) is 8.09. The molecule has 3 aromatic carbocycles. The molecule has 0 saturated carbocycles. The smallest absolute Gasteiger partial charge is 0.340 e. The lowest BCUT2D eigenvalue weighted by Gasteiger charge is -2.18. The fraction of sp³-hybridized carbons (Fsp3) is 0.185. The Bertz CT molecular complexity index is 1480. The van der Waals surface area contributed by atoms with Crippen molar-refractivity contribution in [3.05, 3.63) is 83.4 Å². The number of oxime groups is 2. The summed E-state index contributed by atoms with van der Waals surface area (Å²) in [5, 5.41) is 10.4. The van der Waals surface area contributed by atoms with Crippen LogP contribution in [-0.4, -0.2) is 27.9 Å². The summed E-state index contributed by atoms with van der Waals surface area (Å²) in [7, 11) is 0. The van der Waals surface area contributed by atoms with Crippen molar-refractivity contribution in [1.82, 2.24) is 4.57 Å². The average Bonchev–Trinajstić information content (AvgIpc) is 3.19. The summed E-state index contributed by atoms with van der Waals surface area (Å²) in [6.07, 6.45) is 1.28. The Morgan fingerprint density at radius 1 is 0.941 bits per heavy atom. The number of hydrogen-bond acceptors (Lipinski definition) is 6. The van der Waals surface area contributed by atoms with Gasteiger partial charge in [-0.25, -0.2) is 9.59 Å². The summed E-state index contributed by atoms with van der Waals surface area (Å²) in [5.74, 6) is -0.922. The first kappa shape index (κ1) is 21.6. The molecule has 4 aromatic rings. The molecular formula is C27H23N3O4. The molecule has 34 heavy (non-hydrogen) atoms. The molecule has 2 heterocycles. The molecule has 0 atom stereocenters. The van der Waals surface area contributed by atoms with Gasteiger partial charge in [-0.3, -0.25) is 0 Å². The second kappa shape index (κ2) is 8.94. The number of para-hydroxylation sites is 1. The number of aromatic nitrogens is 1. The molecule has 7 heteroatoms. The third-order valence-electron chi connectivity index (χ3n) is 5.97. The average molecular weight is 453 g/mol. The van der Waals surface area contributed by atoms with Crippen LogP contribution in [-0.2, 0) is 21.0 Å². The molecule has 0 spiro atoms. The van der Waals surface area contributed by atoms with E-state index in [1.165, 1.54) is 6.92 Å². The highest BCUT2D eigenvalue weighted by molar-refractivity contribution is 6.19. The van der Waals surface area contributed by atoms with Crippen LogP contribution in [0.1, 0.15) is 48.2 Å². The van der Waals surface area contributed by atoms with Gasteiger partial charge in [0.2, 0.25) is 0 Å². The zero-order valence-electron chi connectivity index (χ0n) is 18.9. The standard InChI is InChI=1S/C27H23N3O4/c1-3-23(28-33-17(2)31)19-12-13-25-22(16-19)20-10-7-11-21-24(14-15-30(25)26(20)21)29-34-27(32)18-8-5-4-6-9-18/h4-13,16H,3,14-15H2,1-2H3/b28-23+,29-24+. The van der Waals surface area contributed by atoms with E-state index in [1.54, 1.807) is 24.3 Å². The molecule has 0 N–H and O–H groups in total. The van der Waals surface area contributed by atoms with Crippen LogP contribution in [0.15, 0.2) is 77.0 Å². The summed E-state index contributed by atoms with van der Waals surface area (Å²) < 4.78 is 2.27. The van der Waals surface area contributed by atoms with Crippen LogP contribution in [0.25, 0.3) is 21.8 Å². The molecule has 0 radical (unpaired) electrons. The van der Waals surface area contributed by atoms with Gasteiger partial charge in [-0.2, -0.15) is 0 Å². The van der Waals surface area contributed by atoms with Gasteiger partial charge in [-0.15, -0.1) is 0 Å². The molecule has 0 bridgehead atoms. The minimum atomic E-state index is -0.477. The summed E-state index contributed by atoms with van der Waals surface area (Å²) in [4.78, 5) is 33.7. The van der Waals surface area contributed by atoms with E-state index in [0.717, 1.165) is 45.2 Å². The molecule has 5 rings (SSSR count). The van der Waals surface area contributed by atoms with Gasteiger partial charge in [0.15, 0.2) is 0 Å². The molecule has 0 fully saturated rings.